The molecule has 57 heavy (non-hydrogen) atoms. The molecule has 1 fully saturated rings. The first-order valence-corrected chi connectivity index (χ1v) is 22.6. The van der Waals surface area contributed by atoms with E-state index < -0.39 is 95.3 Å². The summed E-state index contributed by atoms with van der Waals surface area (Å²) in [5.41, 5.74) is 0. The van der Waals surface area contributed by atoms with Crippen LogP contribution < -0.4 is 6.15 Å². The third-order valence-corrected chi connectivity index (χ3v) is 10.9. The number of aliphatic hydroxyl groups excluding tert-OH is 5. The van der Waals surface area contributed by atoms with E-state index in [-0.39, 0.29) is 25.4 Å². The minimum atomic E-state index is -5.16. The minimum absolute atomic E-state index is 0. The monoisotopic (exact) mass is 847 g/mol. The van der Waals surface area contributed by atoms with Gasteiger partial charge in [0.05, 0.1) is 6.61 Å². The van der Waals surface area contributed by atoms with Crippen LogP contribution in [-0.2, 0) is 32.7 Å². The first kappa shape index (κ1) is 43.6. The summed E-state index contributed by atoms with van der Waals surface area (Å²) in [6, 6.07) is 0. The second kappa shape index (κ2) is 35.3. The Balaban J connectivity index is 0.0000397. The molecule has 0 saturated heterocycles. The van der Waals surface area contributed by atoms with Crippen LogP contribution in [-0.4, -0.2) is 98.3 Å². The molecule has 0 bridgehead atoms. The molecule has 0 spiro atoms. The molecule has 1 aliphatic rings. The molecule has 338 valence electrons. The van der Waals surface area contributed by atoms with Crippen LogP contribution >= 0.6 is 7.82 Å². The molecule has 1 saturated carbocycles. The number of phosphoric ester groups is 1. The van der Waals surface area contributed by atoms with E-state index >= 15 is 0 Å². The number of ether oxygens (including phenoxy) is 2. The summed E-state index contributed by atoms with van der Waals surface area (Å²) in [6.07, 6.45) is 6.08. The van der Waals surface area contributed by atoms with E-state index in [4.69, 9.17) is 28.1 Å². The number of allylic oxidation sites excluding steroid dienone is 2. The Morgan fingerprint density at radius 3 is 1.60 bits per heavy atom. The highest BCUT2D eigenvalue weighted by Gasteiger charge is 2.51. The van der Waals surface area contributed by atoms with Crippen LogP contribution in [0.4, 0.5) is 0 Å². The van der Waals surface area contributed by atoms with Crippen LogP contribution in [0.5, 0.6) is 0 Å². The Morgan fingerprint density at radius 2 is 1.09 bits per heavy atom. The molecule has 0 aromatic heterocycles. The fraction of sp³-hybridized carbons (Fsp3) is 0.905. The highest BCUT2D eigenvalue weighted by Crippen LogP contribution is 2.47. The molecule has 1 aliphatic carbocycles. The quantitative estimate of drug-likeness (QED) is 0.0137. The van der Waals surface area contributed by atoms with Crippen LogP contribution in [0.2, 0.25) is 0 Å². The molecule has 15 heteroatoms. The van der Waals surface area contributed by atoms with Crippen molar-refractivity contribution in [2.45, 2.75) is 230 Å². The van der Waals surface area contributed by atoms with Gasteiger partial charge in [0.1, 0.15) is 43.2 Å². The van der Waals surface area contributed by atoms with Gasteiger partial charge < -0.3 is 46.1 Å². The summed E-state index contributed by atoms with van der Waals surface area (Å²) >= 11 is 0. The molecular weight excluding hydrogens is 757 g/mol. The van der Waals surface area contributed by atoms with E-state index in [1.54, 1.807) is 0 Å². The molecule has 1 rings (SSSR count). The van der Waals surface area contributed by atoms with Gasteiger partial charge >= 0.3 is 19.8 Å². The van der Waals surface area contributed by atoms with Crippen LogP contribution in [0.1, 0.15) is 197 Å². The standard InChI is InChI=1S/C42H79O13P.H3N/c1-3-5-7-9-11-13-15-17-18-19-21-23-25-27-29-31-36(44)54-34(32-52-35(43)30-28-26-24-22-20-16-14-12-10-8-6-4-2)33-53-56(50,51)55-42-40(48)38(46)37(45)39(47)41(42)49;/h17-18,34,37-42,45-49H,3-16,19-33H2,1-2H3,(H,50,51);1H3/b18-17+;/t34-,37?,38-,39+,40-,41-,42?;/m1./s1/i1D3,3D2,5D2;. The second-order valence-corrected chi connectivity index (χ2v) is 16.3. The average Bonchev–Trinajstić information content (AvgIpc) is 3.21. The number of carbonyl (C=O) groups excluding carboxylic acids is 2. The lowest BCUT2D eigenvalue weighted by Crippen LogP contribution is -2.64. The maximum atomic E-state index is 12.8. The summed E-state index contributed by atoms with van der Waals surface area (Å²) in [7, 11) is -5.16. The summed E-state index contributed by atoms with van der Waals surface area (Å²) in [6.45, 7) is -2.10. The van der Waals surface area contributed by atoms with Gasteiger partial charge in [0.15, 0.2) is 6.10 Å². The highest BCUT2D eigenvalue weighted by molar-refractivity contribution is 7.47. The SMILES string of the molecule is N.[2H]C([2H])([2H])C([2H])([2H])C([2H])([2H])CCCCC/C=C/CCCCCCCC(=O)O[C@H](COC(=O)CCCCCCCCCCCCCC)COP(=O)(O)OC1[C@H](O)[C@H](O)C(O)[C@H](O)[C@H]1O. The molecule has 0 amide bonds. The van der Waals surface area contributed by atoms with Crippen LogP contribution in [0.15, 0.2) is 12.2 Å². The first-order chi connectivity index (χ1) is 29.6. The molecule has 0 aliphatic heterocycles. The molecule has 0 aromatic rings. The van der Waals surface area contributed by atoms with Gasteiger partial charge in [-0.3, -0.25) is 18.6 Å². The Labute approximate surface area is 353 Å². The third-order valence-electron chi connectivity index (χ3n) is 9.89. The molecule has 9 N–H and O–H groups in total. The topological polar surface area (TPSA) is 245 Å². The second-order valence-electron chi connectivity index (χ2n) is 14.9. The van der Waals surface area contributed by atoms with Gasteiger partial charge in [0, 0.05) is 22.4 Å². The normalized spacial score (nSPS) is 25.1. The van der Waals surface area contributed by atoms with Crippen molar-refractivity contribution in [2.75, 3.05) is 13.2 Å². The zero-order chi connectivity index (χ0) is 47.5. The Morgan fingerprint density at radius 1 is 0.649 bits per heavy atom. The smallest absolute Gasteiger partial charge is 0.462 e. The van der Waals surface area contributed by atoms with Crippen molar-refractivity contribution in [1.82, 2.24) is 6.15 Å². The molecule has 3 unspecified atom stereocenters. The maximum Gasteiger partial charge on any atom is 0.472 e. The van der Waals surface area contributed by atoms with Crippen molar-refractivity contribution >= 4 is 19.8 Å². The average molecular weight is 847 g/mol. The Kier molecular flexibility index (Phi) is 27.0. The van der Waals surface area contributed by atoms with Crippen LogP contribution in [0.3, 0.4) is 0 Å². The van der Waals surface area contributed by atoms with E-state index in [0.29, 0.717) is 25.7 Å². The lowest BCUT2D eigenvalue weighted by atomic mass is 9.85. The van der Waals surface area contributed by atoms with E-state index in [2.05, 4.69) is 13.0 Å². The summed E-state index contributed by atoms with van der Waals surface area (Å²) in [4.78, 5) is 35.7. The summed E-state index contributed by atoms with van der Waals surface area (Å²) in [5, 5.41) is 50.1. The van der Waals surface area contributed by atoms with Gasteiger partial charge in [0.25, 0.3) is 0 Å². The number of rotatable bonds is 36. The number of unbranched alkanes of at least 4 members (excludes halogenated alkanes) is 19. The van der Waals surface area contributed by atoms with Gasteiger partial charge in [-0.1, -0.05) is 148 Å². The Bertz CT molecular complexity index is 1320. The maximum absolute atomic E-state index is 12.8. The fourth-order valence-electron chi connectivity index (χ4n) is 6.42. The molecule has 0 radical (unpaired) electrons. The predicted molar refractivity (Wildman–Crippen MR) is 222 cm³/mol. The molecule has 0 heterocycles. The number of carbonyl (C=O) groups is 2. The van der Waals surface area contributed by atoms with E-state index in [0.717, 1.165) is 70.6 Å². The van der Waals surface area contributed by atoms with Crippen molar-refractivity contribution in [3.05, 3.63) is 12.2 Å². The third kappa shape index (κ3) is 27.8. The molecule has 14 nitrogen and oxygen atoms in total. The van der Waals surface area contributed by atoms with Gasteiger partial charge in [0.2, 0.25) is 0 Å². The number of hydrogen-bond donors (Lipinski definition) is 7. The number of aliphatic hydroxyl groups is 5. The zero-order valence-corrected chi connectivity index (χ0v) is 35.4. The van der Waals surface area contributed by atoms with Crippen molar-refractivity contribution in [2.24, 2.45) is 0 Å². The largest absolute Gasteiger partial charge is 0.472 e. The fourth-order valence-corrected chi connectivity index (χ4v) is 7.40. The van der Waals surface area contributed by atoms with Crippen molar-refractivity contribution < 1.29 is 72.7 Å². The van der Waals surface area contributed by atoms with Crippen LogP contribution in [0, 0.1) is 0 Å². The minimum Gasteiger partial charge on any atom is -0.462 e. The van der Waals surface area contributed by atoms with Crippen molar-refractivity contribution in [3.63, 3.8) is 0 Å². The summed E-state index contributed by atoms with van der Waals surface area (Å²) in [5.74, 6) is -1.21. The predicted octanol–water partition coefficient (Wildman–Crippen LogP) is 8.05. The molecule has 8 atom stereocenters. The zero-order valence-electron chi connectivity index (χ0n) is 41.5. The number of hydrogen-bond acceptors (Lipinski definition) is 13. The van der Waals surface area contributed by atoms with Crippen molar-refractivity contribution in [1.29, 1.82) is 0 Å². The first-order valence-electron chi connectivity index (χ1n) is 24.6. The number of esters is 2. The van der Waals surface area contributed by atoms with Gasteiger partial charge in [-0.25, -0.2) is 4.57 Å². The van der Waals surface area contributed by atoms with E-state index in [1.807, 2.05) is 6.08 Å². The lowest BCUT2D eigenvalue weighted by Gasteiger charge is -2.41. The van der Waals surface area contributed by atoms with E-state index in [9.17, 15) is 44.6 Å². The van der Waals surface area contributed by atoms with Gasteiger partial charge in [-0.05, 0) is 38.5 Å². The Hall–Kier alpha value is -1.45. The van der Waals surface area contributed by atoms with Crippen molar-refractivity contribution in [3.8, 4) is 0 Å². The highest BCUT2D eigenvalue weighted by atomic mass is 31.2. The van der Waals surface area contributed by atoms with Gasteiger partial charge in [-0.15, -0.1) is 0 Å². The number of phosphoric acid groups is 1. The molecule has 0 aromatic carbocycles. The van der Waals surface area contributed by atoms with Gasteiger partial charge in [-0.2, -0.15) is 0 Å². The summed E-state index contributed by atoms with van der Waals surface area (Å²) < 4.78 is 86.4. The lowest BCUT2D eigenvalue weighted by molar-refractivity contribution is -0.220. The van der Waals surface area contributed by atoms with E-state index in [1.165, 1.54) is 44.9 Å². The molecular formula is C42H82NO13P. The van der Waals surface area contributed by atoms with Crippen LogP contribution in [0.25, 0.3) is 0 Å².